The van der Waals surface area contributed by atoms with Crippen molar-refractivity contribution in [1.29, 1.82) is 0 Å². The summed E-state index contributed by atoms with van der Waals surface area (Å²) in [6.45, 7) is 4.37. The number of carbonyl (C=O) groups is 1. The van der Waals surface area contributed by atoms with Gasteiger partial charge in [-0.2, -0.15) is 0 Å². The number of ketones is 1. The molecule has 0 aliphatic heterocycles. The fraction of sp³-hybridized carbons (Fsp3) is 0.462. The van der Waals surface area contributed by atoms with Gasteiger partial charge in [0.05, 0.1) is 6.61 Å². The molecule has 0 fully saturated rings. The molecule has 0 amide bonds. The topological polar surface area (TPSA) is 26.3 Å². The summed E-state index contributed by atoms with van der Waals surface area (Å²) in [6.07, 6.45) is 1.06. The van der Waals surface area contributed by atoms with Crippen molar-refractivity contribution in [2.75, 3.05) is 0 Å². The van der Waals surface area contributed by atoms with Crippen molar-refractivity contribution in [3.05, 3.63) is 35.9 Å². The van der Waals surface area contributed by atoms with E-state index in [1.807, 2.05) is 44.2 Å². The first-order valence-electron chi connectivity index (χ1n) is 5.46. The normalized spacial score (nSPS) is 12.4. The Labute approximate surface area is 91.3 Å². The Morgan fingerprint density at radius 1 is 1.27 bits per heavy atom. The highest BCUT2D eigenvalue weighted by molar-refractivity contribution is 5.82. The first-order valence-corrected chi connectivity index (χ1v) is 5.46. The van der Waals surface area contributed by atoms with E-state index in [2.05, 4.69) is 0 Å². The molecule has 0 unspecified atom stereocenters. The summed E-state index contributed by atoms with van der Waals surface area (Å²) in [7, 11) is 0. The molecule has 0 bridgehead atoms. The lowest BCUT2D eigenvalue weighted by Gasteiger charge is -2.13. The van der Waals surface area contributed by atoms with Gasteiger partial charge < -0.3 is 4.74 Å². The van der Waals surface area contributed by atoms with Gasteiger partial charge in [-0.15, -0.1) is 0 Å². The molecular weight excluding hydrogens is 188 g/mol. The van der Waals surface area contributed by atoms with Crippen LogP contribution in [-0.2, 0) is 16.1 Å². The van der Waals surface area contributed by atoms with Gasteiger partial charge >= 0.3 is 0 Å². The van der Waals surface area contributed by atoms with Gasteiger partial charge in [-0.25, -0.2) is 0 Å². The summed E-state index contributed by atoms with van der Waals surface area (Å²) in [5, 5.41) is 0. The van der Waals surface area contributed by atoms with Crippen LogP contribution in [0.1, 0.15) is 32.3 Å². The molecule has 2 nitrogen and oxygen atoms in total. The Kier molecular flexibility index (Phi) is 5.05. The number of carbonyl (C=O) groups excluding carboxylic acids is 1. The summed E-state index contributed by atoms with van der Waals surface area (Å²) in [6, 6.07) is 9.92. The number of ether oxygens (including phenoxy) is 1. The zero-order chi connectivity index (χ0) is 11.1. The lowest BCUT2D eigenvalue weighted by atomic mass is 10.1. The second-order valence-electron chi connectivity index (χ2n) is 3.51. The van der Waals surface area contributed by atoms with Gasteiger partial charge in [0.2, 0.25) is 0 Å². The number of hydrogen-bond acceptors (Lipinski definition) is 2. The van der Waals surface area contributed by atoms with E-state index >= 15 is 0 Å². The molecule has 15 heavy (non-hydrogen) atoms. The van der Waals surface area contributed by atoms with Crippen LogP contribution in [0.3, 0.4) is 0 Å². The Morgan fingerprint density at radius 2 is 1.93 bits per heavy atom. The van der Waals surface area contributed by atoms with Crippen LogP contribution in [0.4, 0.5) is 0 Å². The Bertz CT molecular complexity index is 293. The smallest absolute Gasteiger partial charge is 0.161 e. The van der Waals surface area contributed by atoms with Crippen LogP contribution >= 0.6 is 0 Å². The minimum absolute atomic E-state index is 0.188. The minimum Gasteiger partial charge on any atom is -0.366 e. The Hall–Kier alpha value is -1.15. The molecule has 0 aliphatic carbocycles. The van der Waals surface area contributed by atoms with Crippen LogP contribution in [0.5, 0.6) is 0 Å². The second-order valence-corrected chi connectivity index (χ2v) is 3.51. The average Bonchev–Trinajstić information content (AvgIpc) is 2.31. The monoisotopic (exact) mass is 206 g/mol. The predicted molar refractivity (Wildman–Crippen MR) is 60.6 cm³/mol. The number of hydrogen-bond donors (Lipinski definition) is 0. The van der Waals surface area contributed by atoms with Gasteiger partial charge in [0.1, 0.15) is 6.10 Å². The van der Waals surface area contributed by atoms with Gasteiger partial charge in [-0.05, 0) is 12.0 Å². The van der Waals surface area contributed by atoms with E-state index in [-0.39, 0.29) is 11.9 Å². The van der Waals surface area contributed by atoms with Gasteiger partial charge in [0.15, 0.2) is 5.78 Å². The predicted octanol–water partition coefficient (Wildman–Crippen LogP) is 2.96. The molecule has 0 aromatic heterocycles. The first-order chi connectivity index (χ1) is 7.27. The van der Waals surface area contributed by atoms with Gasteiger partial charge in [0.25, 0.3) is 0 Å². The molecule has 2 heteroatoms. The van der Waals surface area contributed by atoms with Crippen LogP contribution in [0.25, 0.3) is 0 Å². The van der Waals surface area contributed by atoms with Crippen molar-refractivity contribution < 1.29 is 9.53 Å². The number of Topliss-reactive ketones (excluding diaryl/α,β-unsaturated/α-hetero) is 1. The zero-order valence-electron chi connectivity index (χ0n) is 9.40. The molecule has 1 rings (SSSR count). The van der Waals surface area contributed by atoms with Crippen LogP contribution < -0.4 is 0 Å². The summed E-state index contributed by atoms with van der Waals surface area (Å²) in [5.74, 6) is 0.188. The maximum absolute atomic E-state index is 11.4. The molecule has 0 spiro atoms. The Balaban J connectivity index is 2.44. The summed E-state index contributed by atoms with van der Waals surface area (Å²) < 4.78 is 5.58. The van der Waals surface area contributed by atoms with E-state index in [9.17, 15) is 4.79 Å². The molecule has 82 valence electrons. The highest BCUT2D eigenvalue weighted by atomic mass is 16.5. The number of rotatable bonds is 6. The van der Waals surface area contributed by atoms with E-state index in [1.165, 1.54) is 0 Å². The lowest BCUT2D eigenvalue weighted by Crippen LogP contribution is -2.22. The molecule has 0 heterocycles. The largest absolute Gasteiger partial charge is 0.366 e. The summed E-state index contributed by atoms with van der Waals surface area (Å²) >= 11 is 0. The molecule has 0 saturated carbocycles. The molecule has 0 radical (unpaired) electrons. The minimum atomic E-state index is -0.241. The van der Waals surface area contributed by atoms with Crippen molar-refractivity contribution in [1.82, 2.24) is 0 Å². The third-order valence-electron chi connectivity index (χ3n) is 2.37. The molecule has 1 aromatic rings. The second kappa shape index (κ2) is 6.36. The van der Waals surface area contributed by atoms with Crippen LogP contribution in [0.2, 0.25) is 0 Å². The molecule has 0 aliphatic rings. The van der Waals surface area contributed by atoms with Crippen molar-refractivity contribution in [3.8, 4) is 0 Å². The molecular formula is C13H18O2. The summed E-state index contributed by atoms with van der Waals surface area (Å²) in [5.41, 5.74) is 1.11. The van der Waals surface area contributed by atoms with Crippen LogP contribution in [0, 0.1) is 0 Å². The quantitative estimate of drug-likeness (QED) is 0.715. The lowest BCUT2D eigenvalue weighted by molar-refractivity contribution is -0.131. The summed E-state index contributed by atoms with van der Waals surface area (Å²) in [4.78, 5) is 11.4. The number of benzene rings is 1. The maximum Gasteiger partial charge on any atom is 0.161 e. The first kappa shape index (κ1) is 11.9. The van der Waals surface area contributed by atoms with Crippen molar-refractivity contribution in [3.63, 3.8) is 0 Å². The molecule has 0 saturated heterocycles. The molecule has 1 atom stereocenters. The standard InChI is InChI=1S/C13H18O2/c1-3-12(14)13(4-2)15-10-11-8-6-5-7-9-11/h5-9,13H,3-4,10H2,1-2H3/t13-/m1/s1. The highest BCUT2D eigenvalue weighted by Gasteiger charge is 2.14. The van der Waals surface area contributed by atoms with E-state index < -0.39 is 0 Å². The molecule has 1 aromatic carbocycles. The Morgan fingerprint density at radius 3 is 2.47 bits per heavy atom. The molecule has 0 N–H and O–H groups in total. The van der Waals surface area contributed by atoms with Gasteiger partial charge in [-0.3, -0.25) is 4.79 Å². The van der Waals surface area contributed by atoms with Crippen molar-refractivity contribution in [2.24, 2.45) is 0 Å². The SMILES string of the molecule is CCC(=O)[C@@H](CC)OCc1ccccc1. The highest BCUT2D eigenvalue weighted by Crippen LogP contribution is 2.07. The van der Waals surface area contributed by atoms with E-state index in [0.717, 1.165) is 12.0 Å². The third-order valence-corrected chi connectivity index (χ3v) is 2.37. The van der Waals surface area contributed by atoms with Crippen molar-refractivity contribution >= 4 is 5.78 Å². The van der Waals surface area contributed by atoms with Crippen LogP contribution in [0.15, 0.2) is 30.3 Å². The van der Waals surface area contributed by atoms with E-state index in [0.29, 0.717) is 13.0 Å². The van der Waals surface area contributed by atoms with E-state index in [4.69, 9.17) is 4.74 Å². The van der Waals surface area contributed by atoms with Crippen LogP contribution in [-0.4, -0.2) is 11.9 Å². The van der Waals surface area contributed by atoms with Crippen molar-refractivity contribution in [2.45, 2.75) is 39.4 Å². The van der Waals surface area contributed by atoms with Gasteiger partial charge in [-0.1, -0.05) is 44.2 Å². The fourth-order valence-corrected chi connectivity index (χ4v) is 1.44. The van der Waals surface area contributed by atoms with Gasteiger partial charge in [0, 0.05) is 6.42 Å². The fourth-order valence-electron chi connectivity index (χ4n) is 1.44. The average molecular weight is 206 g/mol. The zero-order valence-corrected chi connectivity index (χ0v) is 9.40. The third kappa shape index (κ3) is 3.84. The van der Waals surface area contributed by atoms with E-state index in [1.54, 1.807) is 0 Å². The maximum atomic E-state index is 11.4.